The van der Waals surface area contributed by atoms with Crippen LogP contribution in [-0.4, -0.2) is 37.8 Å². The Morgan fingerprint density at radius 3 is 2.30 bits per heavy atom. The van der Waals surface area contributed by atoms with Gasteiger partial charge in [-0.15, -0.1) is 0 Å². The molecule has 20 heavy (non-hydrogen) atoms. The molecule has 1 aromatic carbocycles. The fourth-order valence-corrected chi connectivity index (χ4v) is 6.18. The highest BCUT2D eigenvalue weighted by atomic mass is 79.9. The molecule has 2 N–H and O–H groups in total. The van der Waals surface area contributed by atoms with Crippen molar-refractivity contribution in [1.82, 2.24) is 4.31 Å². The lowest BCUT2D eigenvalue weighted by molar-refractivity contribution is 0.382. The molecule has 0 fully saturated rings. The number of anilines is 1. The summed E-state index contributed by atoms with van der Waals surface area (Å²) in [7, 11) is -1.97. The first-order chi connectivity index (χ1) is 9.21. The molecular formula is C12H18Br2N2O2S2. The van der Waals surface area contributed by atoms with Crippen LogP contribution in [0.5, 0.6) is 0 Å². The Morgan fingerprint density at radius 1 is 1.35 bits per heavy atom. The van der Waals surface area contributed by atoms with Gasteiger partial charge in [-0.2, -0.15) is 16.1 Å². The quantitative estimate of drug-likeness (QED) is 0.680. The first-order valence-corrected chi connectivity index (χ1v) is 10.3. The zero-order chi connectivity index (χ0) is 15.5. The van der Waals surface area contributed by atoms with E-state index in [1.54, 1.807) is 30.9 Å². The van der Waals surface area contributed by atoms with Gasteiger partial charge in [0.2, 0.25) is 10.0 Å². The zero-order valence-corrected chi connectivity index (χ0v) is 16.4. The number of hydrogen-bond donors (Lipinski definition) is 1. The van der Waals surface area contributed by atoms with E-state index in [0.29, 0.717) is 14.6 Å². The van der Waals surface area contributed by atoms with Gasteiger partial charge in [0.15, 0.2) is 0 Å². The van der Waals surface area contributed by atoms with Gasteiger partial charge in [0.05, 0.1) is 0 Å². The second-order valence-corrected chi connectivity index (χ2v) is 9.09. The Bertz CT molecular complexity index is 556. The van der Waals surface area contributed by atoms with E-state index in [1.165, 1.54) is 4.31 Å². The highest BCUT2D eigenvalue weighted by Gasteiger charge is 2.29. The molecule has 4 nitrogen and oxygen atoms in total. The molecule has 1 unspecified atom stereocenters. The third kappa shape index (κ3) is 4.13. The maximum atomic E-state index is 12.7. The molecule has 0 aliphatic heterocycles. The van der Waals surface area contributed by atoms with Crippen LogP contribution in [0.25, 0.3) is 0 Å². The second kappa shape index (κ2) is 7.49. The van der Waals surface area contributed by atoms with Gasteiger partial charge in [-0.25, -0.2) is 8.42 Å². The molecular weight excluding hydrogens is 428 g/mol. The number of nitrogens with zero attached hydrogens (tertiary/aromatic N) is 1. The van der Waals surface area contributed by atoms with Gasteiger partial charge in [0.25, 0.3) is 0 Å². The van der Waals surface area contributed by atoms with Crippen molar-refractivity contribution in [3.8, 4) is 0 Å². The third-order valence-corrected chi connectivity index (χ3v) is 7.51. The number of nitrogens with two attached hydrogens (primary N) is 1. The van der Waals surface area contributed by atoms with Crippen molar-refractivity contribution in [1.29, 1.82) is 0 Å². The molecule has 1 aromatic rings. The Hall–Kier alpha value is 0.240. The molecule has 0 radical (unpaired) electrons. The molecule has 0 heterocycles. The summed E-state index contributed by atoms with van der Waals surface area (Å²) in [6.45, 7) is 1.91. The van der Waals surface area contributed by atoms with Crippen LogP contribution < -0.4 is 5.73 Å². The molecule has 1 rings (SSSR count). The fourth-order valence-electron chi connectivity index (χ4n) is 1.68. The smallest absolute Gasteiger partial charge is 0.245 e. The largest absolute Gasteiger partial charge is 0.399 e. The van der Waals surface area contributed by atoms with Crippen molar-refractivity contribution in [3.63, 3.8) is 0 Å². The summed E-state index contributed by atoms with van der Waals surface area (Å²) in [5.41, 5.74) is 6.20. The predicted molar refractivity (Wildman–Crippen MR) is 93.7 cm³/mol. The van der Waals surface area contributed by atoms with Crippen molar-refractivity contribution < 1.29 is 8.42 Å². The van der Waals surface area contributed by atoms with Crippen molar-refractivity contribution >= 4 is 59.3 Å². The van der Waals surface area contributed by atoms with Gasteiger partial charge in [0, 0.05) is 27.7 Å². The van der Waals surface area contributed by atoms with Crippen molar-refractivity contribution in [3.05, 3.63) is 21.1 Å². The summed E-state index contributed by atoms with van der Waals surface area (Å²) in [5, 5.41) is 0. The van der Waals surface area contributed by atoms with Gasteiger partial charge in [-0.3, -0.25) is 0 Å². The second-order valence-electron chi connectivity index (χ2n) is 4.47. The summed E-state index contributed by atoms with van der Waals surface area (Å²) in [6.07, 6.45) is 2.81. The average molecular weight is 446 g/mol. The minimum absolute atomic E-state index is 0.0659. The summed E-state index contributed by atoms with van der Waals surface area (Å²) in [4.78, 5) is 0.213. The highest BCUT2D eigenvalue weighted by molar-refractivity contribution is 9.11. The maximum absolute atomic E-state index is 12.7. The van der Waals surface area contributed by atoms with E-state index in [2.05, 4.69) is 31.9 Å². The van der Waals surface area contributed by atoms with E-state index >= 15 is 0 Å². The molecule has 0 saturated heterocycles. The van der Waals surface area contributed by atoms with E-state index in [0.717, 1.165) is 12.2 Å². The maximum Gasteiger partial charge on any atom is 0.245 e. The summed E-state index contributed by atoms with van der Waals surface area (Å²) >= 11 is 8.27. The van der Waals surface area contributed by atoms with Crippen LogP contribution in [0, 0.1) is 0 Å². The highest BCUT2D eigenvalue weighted by Crippen LogP contribution is 2.34. The van der Waals surface area contributed by atoms with Gasteiger partial charge in [0.1, 0.15) is 4.90 Å². The third-order valence-electron chi connectivity index (χ3n) is 3.02. The summed E-state index contributed by atoms with van der Waals surface area (Å²) < 4.78 is 27.8. The number of sulfonamides is 1. The first kappa shape index (κ1) is 18.3. The fraction of sp³-hybridized carbons (Fsp3) is 0.500. The van der Waals surface area contributed by atoms with E-state index in [4.69, 9.17) is 5.73 Å². The van der Waals surface area contributed by atoms with Crippen molar-refractivity contribution in [2.75, 3.05) is 24.8 Å². The zero-order valence-electron chi connectivity index (χ0n) is 11.6. The monoisotopic (exact) mass is 444 g/mol. The Balaban J connectivity index is 3.17. The van der Waals surface area contributed by atoms with Gasteiger partial charge >= 0.3 is 0 Å². The number of rotatable bonds is 6. The van der Waals surface area contributed by atoms with Gasteiger partial charge in [-0.05, 0) is 69.3 Å². The Labute approximate surface area is 141 Å². The molecule has 0 aliphatic rings. The normalized spacial score (nSPS) is 13.7. The van der Waals surface area contributed by atoms with Crippen LogP contribution in [0.1, 0.15) is 13.3 Å². The minimum Gasteiger partial charge on any atom is -0.399 e. The standard InChI is InChI=1S/C12H18Br2N2O2S2/c1-8(4-5-19-3)16(2)20(17,18)12-10(13)6-9(15)7-11(12)14/h6-8H,4-5,15H2,1-3H3. The van der Waals surface area contributed by atoms with Crippen LogP contribution in [-0.2, 0) is 10.0 Å². The van der Waals surface area contributed by atoms with Gasteiger partial charge < -0.3 is 5.73 Å². The number of nitrogen functional groups attached to an aromatic ring is 1. The molecule has 1 atom stereocenters. The van der Waals surface area contributed by atoms with Crippen LogP contribution >= 0.6 is 43.6 Å². The number of thioether (sulfide) groups is 1. The summed E-state index contributed by atoms with van der Waals surface area (Å²) in [5.74, 6) is 0.922. The predicted octanol–water partition coefficient (Wildman–Crippen LogP) is 3.56. The minimum atomic E-state index is -3.57. The molecule has 0 spiro atoms. The molecule has 0 aromatic heterocycles. The molecule has 0 saturated carbocycles. The Kier molecular flexibility index (Phi) is 6.85. The number of benzene rings is 1. The van der Waals surface area contributed by atoms with Crippen LogP contribution in [0.15, 0.2) is 26.0 Å². The lowest BCUT2D eigenvalue weighted by Crippen LogP contribution is -2.35. The lowest BCUT2D eigenvalue weighted by atomic mass is 10.3. The molecule has 8 heteroatoms. The van der Waals surface area contributed by atoms with Crippen molar-refractivity contribution in [2.24, 2.45) is 0 Å². The van der Waals surface area contributed by atoms with E-state index in [1.807, 2.05) is 13.2 Å². The number of hydrogen-bond acceptors (Lipinski definition) is 4. The molecule has 0 aliphatic carbocycles. The van der Waals surface area contributed by atoms with E-state index in [-0.39, 0.29) is 10.9 Å². The molecule has 0 amide bonds. The van der Waals surface area contributed by atoms with E-state index in [9.17, 15) is 8.42 Å². The average Bonchev–Trinajstić information content (AvgIpc) is 2.33. The van der Waals surface area contributed by atoms with Gasteiger partial charge in [-0.1, -0.05) is 0 Å². The van der Waals surface area contributed by atoms with E-state index < -0.39 is 10.0 Å². The first-order valence-electron chi connectivity index (χ1n) is 5.93. The topological polar surface area (TPSA) is 63.4 Å². The number of halogens is 2. The molecule has 114 valence electrons. The summed E-state index contributed by atoms with van der Waals surface area (Å²) in [6, 6.07) is 3.12. The van der Waals surface area contributed by atoms with Crippen LogP contribution in [0.2, 0.25) is 0 Å². The SMILES string of the molecule is CSCCC(C)N(C)S(=O)(=O)c1c(Br)cc(N)cc1Br. The van der Waals surface area contributed by atoms with Crippen LogP contribution in [0.3, 0.4) is 0 Å². The van der Waals surface area contributed by atoms with Crippen LogP contribution in [0.4, 0.5) is 5.69 Å². The van der Waals surface area contributed by atoms with Crippen molar-refractivity contribution in [2.45, 2.75) is 24.3 Å². The Morgan fingerprint density at radius 2 is 1.85 bits per heavy atom. The molecule has 0 bridgehead atoms. The lowest BCUT2D eigenvalue weighted by Gasteiger charge is -2.25.